The molecule has 0 aliphatic heterocycles. The Labute approximate surface area is 172 Å². The zero-order chi connectivity index (χ0) is 21.0. The van der Waals surface area contributed by atoms with Crippen molar-refractivity contribution in [2.75, 3.05) is 13.7 Å². The Morgan fingerprint density at radius 2 is 1.76 bits per heavy atom. The molecule has 0 spiro atoms. The van der Waals surface area contributed by atoms with Gasteiger partial charge in [-0.15, -0.1) is 11.3 Å². The Balaban J connectivity index is 2.04. The van der Waals surface area contributed by atoms with E-state index in [0.29, 0.717) is 29.2 Å². The van der Waals surface area contributed by atoms with Crippen LogP contribution in [0.2, 0.25) is 0 Å². The van der Waals surface area contributed by atoms with Gasteiger partial charge in [0.25, 0.3) is 0 Å². The van der Waals surface area contributed by atoms with Crippen molar-refractivity contribution in [3.05, 3.63) is 77.2 Å². The van der Waals surface area contributed by atoms with E-state index in [1.165, 1.54) is 31.4 Å². The monoisotopic (exact) mass is 408 g/mol. The summed E-state index contributed by atoms with van der Waals surface area (Å²) in [4.78, 5) is 25.0. The van der Waals surface area contributed by atoms with E-state index < -0.39 is 5.97 Å². The van der Waals surface area contributed by atoms with Crippen LogP contribution in [0.1, 0.15) is 33.2 Å². The van der Waals surface area contributed by atoms with Gasteiger partial charge in [0.2, 0.25) is 0 Å². The number of aromatic carboxylic acids is 1. The molecule has 0 aliphatic rings. The smallest absolute Gasteiger partial charge is 0.335 e. The lowest BCUT2D eigenvalue weighted by Crippen LogP contribution is -2.05. The van der Waals surface area contributed by atoms with E-state index in [1.54, 1.807) is 17.4 Å². The molecule has 2 aromatic carbocycles. The second kappa shape index (κ2) is 8.75. The van der Waals surface area contributed by atoms with Gasteiger partial charge in [0, 0.05) is 33.2 Å². The van der Waals surface area contributed by atoms with Gasteiger partial charge in [-0.1, -0.05) is 24.8 Å². The Bertz CT molecular complexity index is 1050. The van der Waals surface area contributed by atoms with E-state index in [9.17, 15) is 9.59 Å². The molecule has 0 radical (unpaired) electrons. The Kier molecular flexibility index (Phi) is 6.14. The fraction of sp³-hybridized carbons (Fsp3) is 0.130. The van der Waals surface area contributed by atoms with Crippen LogP contribution in [0.25, 0.3) is 16.0 Å². The molecule has 0 unspecified atom stereocenters. The van der Waals surface area contributed by atoms with E-state index in [4.69, 9.17) is 14.6 Å². The second-order valence-corrected chi connectivity index (χ2v) is 7.10. The fourth-order valence-electron chi connectivity index (χ4n) is 2.93. The number of methoxy groups -OCH3 is 1. The molecular weight excluding hydrogens is 388 g/mol. The number of hydrogen-bond acceptors (Lipinski definition) is 5. The number of thiophene rings is 1. The zero-order valence-corrected chi connectivity index (χ0v) is 16.9. The topological polar surface area (TPSA) is 72.8 Å². The molecule has 0 fully saturated rings. The first-order chi connectivity index (χ1) is 14.0. The number of carboxylic acids is 1. The largest absolute Gasteiger partial charge is 0.496 e. The minimum Gasteiger partial charge on any atom is -0.496 e. The van der Waals surface area contributed by atoms with Crippen LogP contribution in [0.4, 0.5) is 0 Å². The molecule has 148 valence electrons. The van der Waals surface area contributed by atoms with Crippen LogP contribution in [0, 0.1) is 0 Å². The van der Waals surface area contributed by atoms with Crippen molar-refractivity contribution >= 4 is 28.7 Å². The predicted octanol–water partition coefficient (Wildman–Crippen LogP) is 5.42. The molecule has 5 nitrogen and oxygen atoms in total. The van der Waals surface area contributed by atoms with E-state index >= 15 is 0 Å². The highest BCUT2D eigenvalue weighted by atomic mass is 32.1. The maximum Gasteiger partial charge on any atom is 0.335 e. The summed E-state index contributed by atoms with van der Waals surface area (Å²) in [6, 6.07) is 13.3. The lowest BCUT2D eigenvalue weighted by Gasteiger charge is -2.16. The van der Waals surface area contributed by atoms with Crippen molar-refractivity contribution in [3.63, 3.8) is 0 Å². The summed E-state index contributed by atoms with van der Waals surface area (Å²) in [5, 5.41) is 11.0. The van der Waals surface area contributed by atoms with Gasteiger partial charge in [0.15, 0.2) is 5.78 Å². The van der Waals surface area contributed by atoms with Gasteiger partial charge >= 0.3 is 5.97 Å². The number of Topliss-reactive ketones (excluding diaryl/α,β-unsaturated/α-hetero) is 1. The number of rotatable bonds is 8. The third kappa shape index (κ3) is 4.22. The van der Waals surface area contributed by atoms with E-state index in [2.05, 4.69) is 6.58 Å². The van der Waals surface area contributed by atoms with Crippen LogP contribution < -0.4 is 9.47 Å². The molecule has 6 heteroatoms. The van der Waals surface area contributed by atoms with E-state index in [-0.39, 0.29) is 16.9 Å². The molecule has 0 bridgehead atoms. The summed E-state index contributed by atoms with van der Waals surface area (Å²) < 4.78 is 11.3. The van der Waals surface area contributed by atoms with Crippen molar-refractivity contribution in [3.8, 4) is 21.9 Å². The highest BCUT2D eigenvalue weighted by Gasteiger charge is 2.20. The molecule has 3 aromatic rings. The number of ether oxygens (including phenoxy) is 2. The highest BCUT2D eigenvalue weighted by Crippen LogP contribution is 2.41. The van der Waals surface area contributed by atoms with Crippen molar-refractivity contribution < 1.29 is 24.2 Å². The molecule has 0 amide bonds. The van der Waals surface area contributed by atoms with Gasteiger partial charge in [-0.2, -0.15) is 0 Å². The van der Waals surface area contributed by atoms with Gasteiger partial charge in [-0.05, 0) is 36.6 Å². The molecule has 1 aromatic heterocycles. The molecule has 0 saturated heterocycles. The van der Waals surface area contributed by atoms with Crippen LogP contribution in [0.15, 0.2) is 60.5 Å². The third-order valence-electron chi connectivity index (χ3n) is 4.38. The molecule has 0 saturated carbocycles. The average Bonchev–Trinajstić information content (AvgIpc) is 3.27. The van der Waals surface area contributed by atoms with E-state index in [1.807, 2.05) is 30.5 Å². The first-order valence-electron chi connectivity index (χ1n) is 8.92. The van der Waals surface area contributed by atoms with Crippen LogP contribution in [0.5, 0.6) is 11.5 Å². The molecule has 1 heterocycles. The molecule has 3 rings (SSSR count). The SMILES string of the molecule is C=C(C(=O)c1ccc(C(=O)O)cc1)c1cc(-c2cccs2)c(OCC)cc1OC. The van der Waals surface area contributed by atoms with Gasteiger partial charge in [0.1, 0.15) is 11.5 Å². The summed E-state index contributed by atoms with van der Waals surface area (Å²) in [6.07, 6.45) is 0. The molecule has 0 aliphatic carbocycles. The number of carbonyl (C=O) groups is 2. The van der Waals surface area contributed by atoms with Gasteiger partial charge < -0.3 is 14.6 Å². The lowest BCUT2D eigenvalue weighted by atomic mass is 9.94. The molecule has 1 N–H and O–H groups in total. The predicted molar refractivity (Wildman–Crippen MR) is 114 cm³/mol. The maximum atomic E-state index is 13.0. The fourth-order valence-corrected chi connectivity index (χ4v) is 3.67. The van der Waals surface area contributed by atoms with Crippen molar-refractivity contribution in [1.82, 2.24) is 0 Å². The highest BCUT2D eigenvalue weighted by molar-refractivity contribution is 7.13. The molecular formula is C23H20O5S. The number of benzene rings is 2. The number of carbonyl (C=O) groups excluding carboxylic acids is 1. The average molecular weight is 408 g/mol. The second-order valence-electron chi connectivity index (χ2n) is 6.15. The Morgan fingerprint density at radius 1 is 1.07 bits per heavy atom. The first-order valence-corrected chi connectivity index (χ1v) is 9.80. The summed E-state index contributed by atoms with van der Waals surface area (Å²) in [5.41, 5.74) is 2.14. The quantitative estimate of drug-likeness (QED) is 0.398. The summed E-state index contributed by atoms with van der Waals surface area (Å²) in [6.45, 7) is 6.38. The number of ketones is 1. The zero-order valence-electron chi connectivity index (χ0n) is 16.1. The van der Waals surface area contributed by atoms with Crippen molar-refractivity contribution in [2.45, 2.75) is 6.92 Å². The van der Waals surface area contributed by atoms with Crippen LogP contribution in [0.3, 0.4) is 0 Å². The van der Waals surface area contributed by atoms with E-state index in [0.717, 1.165) is 10.4 Å². The summed E-state index contributed by atoms with van der Waals surface area (Å²) >= 11 is 1.57. The van der Waals surface area contributed by atoms with Gasteiger partial charge in [-0.3, -0.25) is 4.79 Å². The Morgan fingerprint density at radius 3 is 2.31 bits per heavy atom. The molecule has 29 heavy (non-hydrogen) atoms. The minimum atomic E-state index is -1.04. The minimum absolute atomic E-state index is 0.116. The van der Waals surface area contributed by atoms with Crippen molar-refractivity contribution in [1.29, 1.82) is 0 Å². The van der Waals surface area contributed by atoms with Crippen LogP contribution >= 0.6 is 11.3 Å². The summed E-state index contributed by atoms with van der Waals surface area (Å²) in [7, 11) is 1.53. The van der Waals surface area contributed by atoms with Gasteiger partial charge in [-0.25, -0.2) is 4.79 Å². The number of hydrogen-bond donors (Lipinski definition) is 1. The van der Waals surface area contributed by atoms with Crippen LogP contribution in [-0.2, 0) is 0 Å². The standard InChI is InChI=1S/C23H20O5S/c1-4-28-20-13-19(27-3)17(12-18(20)21-6-5-11-29-21)14(2)22(24)15-7-9-16(10-8-15)23(25)26/h5-13H,2,4H2,1,3H3,(H,25,26). The third-order valence-corrected chi connectivity index (χ3v) is 5.28. The van der Waals surface area contributed by atoms with Crippen molar-refractivity contribution in [2.24, 2.45) is 0 Å². The van der Waals surface area contributed by atoms with Crippen LogP contribution in [-0.4, -0.2) is 30.6 Å². The summed E-state index contributed by atoms with van der Waals surface area (Å²) in [5.74, 6) is -0.200. The maximum absolute atomic E-state index is 13.0. The normalized spacial score (nSPS) is 10.4. The first kappa shape index (κ1) is 20.4. The number of carboxylic acid groups (broad SMARTS) is 1. The Hall–Kier alpha value is -3.38. The number of allylic oxidation sites excluding steroid dienone is 1. The lowest BCUT2D eigenvalue weighted by molar-refractivity contribution is 0.0696. The molecule has 0 atom stereocenters. The van der Waals surface area contributed by atoms with Gasteiger partial charge in [0.05, 0.1) is 19.3 Å².